The van der Waals surface area contributed by atoms with Gasteiger partial charge in [0.1, 0.15) is 0 Å². The first kappa shape index (κ1) is 12.8. The topological polar surface area (TPSA) is 89.3 Å². The van der Waals surface area contributed by atoms with Gasteiger partial charge in [-0.1, -0.05) is 6.92 Å². The van der Waals surface area contributed by atoms with Gasteiger partial charge in [-0.3, -0.25) is 4.57 Å². The summed E-state index contributed by atoms with van der Waals surface area (Å²) in [6.07, 6.45) is 0.979. The van der Waals surface area contributed by atoms with Crippen molar-refractivity contribution in [3.8, 4) is 0 Å². The van der Waals surface area contributed by atoms with Crippen LogP contribution >= 0.6 is 7.37 Å². The highest BCUT2D eigenvalue weighted by Gasteiger charge is 2.01. The first-order chi connectivity index (χ1) is 4.47. The van der Waals surface area contributed by atoms with Crippen molar-refractivity contribution in [1.29, 1.82) is 0 Å². The Morgan fingerprint density at radius 3 is 1.70 bits per heavy atom. The van der Waals surface area contributed by atoms with Crippen LogP contribution in [0.3, 0.4) is 0 Å². The van der Waals surface area contributed by atoms with E-state index in [4.69, 9.17) is 16.4 Å². The number of rotatable bonds is 2. The zero-order valence-corrected chi connectivity index (χ0v) is 7.47. The standard InChI is InChI=1S/C3H9N.C2H8NO2P/c1-2-3-4;1-6(4,5)2-3/h2-4H2,1H3;2-3H2,1H3,(H,4,5). The molecule has 5 heteroatoms. The Balaban J connectivity index is 0. The molecule has 1 atom stereocenters. The van der Waals surface area contributed by atoms with Crippen molar-refractivity contribution in [1.82, 2.24) is 0 Å². The molecule has 0 aliphatic carbocycles. The Hall–Kier alpha value is 0.110. The summed E-state index contributed by atoms with van der Waals surface area (Å²) in [5.41, 5.74) is 9.82. The molecule has 1 unspecified atom stereocenters. The lowest BCUT2D eigenvalue weighted by atomic mass is 10.5. The SMILES string of the molecule is CCCN.CP(=O)(O)CN. The molecule has 0 amide bonds. The Labute approximate surface area is 62.1 Å². The molecule has 0 rings (SSSR count). The number of hydrogen-bond donors (Lipinski definition) is 3. The van der Waals surface area contributed by atoms with Crippen molar-refractivity contribution in [2.75, 3.05) is 19.5 Å². The van der Waals surface area contributed by atoms with Crippen LogP contribution in [-0.2, 0) is 4.57 Å². The van der Waals surface area contributed by atoms with Crippen molar-refractivity contribution < 1.29 is 9.46 Å². The Morgan fingerprint density at radius 1 is 1.50 bits per heavy atom. The van der Waals surface area contributed by atoms with Crippen LogP contribution in [0.4, 0.5) is 0 Å². The maximum absolute atomic E-state index is 10.0. The van der Waals surface area contributed by atoms with E-state index in [2.05, 4.69) is 6.92 Å². The Bertz CT molecular complexity index is 99.8. The molecule has 0 saturated carbocycles. The fraction of sp³-hybridized carbons (Fsp3) is 1.00. The van der Waals surface area contributed by atoms with Gasteiger partial charge in [0.15, 0.2) is 0 Å². The van der Waals surface area contributed by atoms with E-state index < -0.39 is 7.37 Å². The third-order valence-corrected chi connectivity index (χ3v) is 1.30. The van der Waals surface area contributed by atoms with Gasteiger partial charge in [0.05, 0.1) is 6.29 Å². The quantitative estimate of drug-likeness (QED) is 0.512. The van der Waals surface area contributed by atoms with Crippen LogP contribution in [0.5, 0.6) is 0 Å². The number of nitrogens with two attached hydrogens (primary N) is 2. The van der Waals surface area contributed by atoms with Crippen molar-refractivity contribution >= 4 is 7.37 Å². The second-order valence-corrected chi connectivity index (χ2v) is 4.49. The van der Waals surface area contributed by atoms with Gasteiger partial charge in [-0.05, 0) is 13.0 Å². The molecule has 0 fully saturated rings. The highest BCUT2D eigenvalue weighted by molar-refractivity contribution is 7.57. The highest BCUT2D eigenvalue weighted by Crippen LogP contribution is 2.31. The van der Waals surface area contributed by atoms with Crippen LogP contribution in [0.2, 0.25) is 0 Å². The monoisotopic (exact) mass is 168 g/mol. The van der Waals surface area contributed by atoms with E-state index in [-0.39, 0.29) is 6.29 Å². The fourth-order valence-electron chi connectivity index (χ4n) is 0. The first-order valence-electron chi connectivity index (χ1n) is 3.17. The van der Waals surface area contributed by atoms with Crippen molar-refractivity contribution in [2.45, 2.75) is 13.3 Å². The van der Waals surface area contributed by atoms with Gasteiger partial charge in [-0.25, -0.2) is 0 Å². The maximum Gasteiger partial charge on any atom is 0.210 e. The van der Waals surface area contributed by atoms with Crippen molar-refractivity contribution in [3.05, 3.63) is 0 Å². The zero-order chi connectivity index (χ0) is 8.62. The largest absolute Gasteiger partial charge is 0.344 e. The van der Waals surface area contributed by atoms with E-state index in [0.29, 0.717) is 0 Å². The molecule has 0 aromatic rings. The van der Waals surface area contributed by atoms with Gasteiger partial charge in [0.25, 0.3) is 0 Å². The molecule has 0 bridgehead atoms. The summed E-state index contributed by atoms with van der Waals surface area (Å²) >= 11 is 0. The van der Waals surface area contributed by atoms with Gasteiger partial charge in [-0.15, -0.1) is 0 Å². The van der Waals surface area contributed by atoms with E-state index >= 15 is 0 Å². The summed E-state index contributed by atoms with van der Waals surface area (Å²) in [4.78, 5) is 8.26. The van der Waals surface area contributed by atoms with Crippen LogP contribution in [-0.4, -0.2) is 24.4 Å². The molecular weight excluding hydrogens is 151 g/mol. The third kappa shape index (κ3) is 24.3. The molecular formula is C5H17N2O2P. The lowest BCUT2D eigenvalue weighted by Gasteiger charge is -1.94. The molecule has 0 aliphatic heterocycles. The van der Waals surface area contributed by atoms with E-state index in [0.717, 1.165) is 13.0 Å². The van der Waals surface area contributed by atoms with Gasteiger partial charge < -0.3 is 16.4 Å². The molecule has 4 nitrogen and oxygen atoms in total. The molecule has 5 N–H and O–H groups in total. The molecule has 10 heavy (non-hydrogen) atoms. The third-order valence-electron chi connectivity index (χ3n) is 0.627. The summed E-state index contributed by atoms with van der Waals surface area (Å²) in [6, 6.07) is 0. The second-order valence-electron chi connectivity index (χ2n) is 2.02. The lowest BCUT2D eigenvalue weighted by molar-refractivity contribution is 0.485. The second kappa shape index (κ2) is 7.22. The molecule has 0 spiro atoms. The Morgan fingerprint density at radius 2 is 1.70 bits per heavy atom. The van der Waals surface area contributed by atoms with Crippen molar-refractivity contribution in [2.24, 2.45) is 11.5 Å². The maximum atomic E-state index is 10.0. The molecule has 0 aliphatic rings. The lowest BCUT2D eigenvalue weighted by Crippen LogP contribution is -1.97. The Kier molecular flexibility index (Phi) is 9.21. The van der Waals surface area contributed by atoms with Crippen LogP contribution in [0, 0.1) is 0 Å². The average molecular weight is 168 g/mol. The zero-order valence-electron chi connectivity index (χ0n) is 6.58. The highest BCUT2D eigenvalue weighted by atomic mass is 31.2. The van der Waals surface area contributed by atoms with E-state index in [1.54, 1.807) is 0 Å². The van der Waals surface area contributed by atoms with E-state index in [1.807, 2.05) is 0 Å². The summed E-state index contributed by atoms with van der Waals surface area (Å²) in [7, 11) is -2.87. The number of hydrogen-bond acceptors (Lipinski definition) is 3. The van der Waals surface area contributed by atoms with E-state index in [1.165, 1.54) is 6.66 Å². The smallest absolute Gasteiger partial charge is 0.210 e. The molecule has 0 radical (unpaired) electrons. The minimum Gasteiger partial charge on any atom is -0.344 e. The summed E-state index contributed by atoms with van der Waals surface area (Å²) in [5, 5.41) is 0. The van der Waals surface area contributed by atoms with Gasteiger partial charge in [0, 0.05) is 6.66 Å². The van der Waals surface area contributed by atoms with Gasteiger partial charge in [0.2, 0.25) is 7.37 Å². The fourth-order valence-corrected chi connectivity index (χ4v) is 0. The summed E-state index contributed by atoms with van der Waals surface area (Å²) in [5.74, 6) is 0. The predicted octanol–water partition coefficient (Wildman–Crippen LogP) is 0.158. The summed E-state index contributed by atoms with van der Waals surface area (Å²) < 4.78 is 10.0. The van der Waals surface area contributed by atoms with Gasteiger partial charge in [-0.2, -0.15) is 0 Å². The minimum absolute atomic E-state index is 0.118. The van der Waals surface area contributed by atoms with Crippen LogP contribution in [0.25, 0.3) is 0 Å². The summed E-state index contributed by atoms with van der Waals surface area (Å²) in [6.45, 7) is 4.10. The normalized spacial score (nSPS) is 14.9. The predicted molar refractivity (Wildman–Crippen MR) is 44.1 cm³/mol. The molecule has 0 saturated heterocycles. The van der Waals surface area contributed by atoms with Gasteiger partial charge >= 0.3 is 0 Å². The van der Waals surface area contributed by atoms with Crippen LogP contribution in [0.15, 0.2) is 0 Å². The van der Waals surface area contributed by atoms with Crippen LogP contribution < -0.4 is 11.5 Å². The molecule has 64 valence electrons. The molecule has 0 aromatic heterocycles. The average Bonchev–Trinajstić information content (AvgIpc) is 1.87. The molecule has 0 heterocycles. The first-order valence-corrected chi connectivity index (χ1v) is 5.46. The van der Waals surface area contributed by atoms with E-state index in [9.17, 15) is 4.57 Å². The minimum atomic E-state index is -2.87. The molecule has 0 aromatic carbocycles. The van der Waals surface area contributed by atoms with Crippen molar-refractivity contribution in [3.63, 3.8) is 0 Å². The van der Waals surface area contributed by atoms with Crippen LogP contribution in [0.1, 0.15) is 13.3 Å².